The Morgan fingerprint density at radius 3 is 3.00 bits per heavy atom. The smallest absolute Gasteiger partial charge is 0.228 e. The summed E-state index contributed by atoms with van der Waals surface area (Å²) in [5.41, 5.74) is -0.281. The lowest BCUT2D eigenvalue weighted by molar-refractivity contribution is -0.132. The molecule has 1 aromatic heterocycles. The van der Waals surface area contributed by atoms with Gasteiger partial charge in [0.25, 0.3) is 0 Å². The molecular weight excluding hydrogens is 242 g/mol. The topological polar surface area (TPSA) is 71.8 Å². The van der Waals surface area contributed by atoms with Crippen molar-refractivity contribution in [1.29, 1.82) is 0 Å². The number of hydrogen-bond donors (Lipinski definition) is 2. The summed E-state index contributed by atoms with van der Waals surface area (Å²) in [6, 6.07) is 0. The van der Waals surface area contributed by atoms with Gasteiger partial charge in [-0.25, -0.2) is 0 Å². The van der Waals surface area contributed by atoms with Gasteiger partial charge in [0.1, 0.15) is 6.33 Å². The maximum absolute atomic E-state index is 12.5. The van der Waals surface area contributed by atoms with Crippen LogP contribution in [-0.4, -0.2) is 33.8 Å². The standard InChI is InChI=1S/C13H23N5O/c1-4-18-9-16-17-11(18)7-15-12(19)13(10(2)3)5-6-14-8-13/h9-10,14H,4-8H2,1-3H3,(H,15,19). The monoisotopic (exact) mass is 265 g/mol. The third kappa shape index (κ3) is 2.63. The zero-order valence-corrected chi connectivity index (χ0v) is 11.9. The molecule has 0 bridgehead atoms. The molecule has 0 aromatic carbocycles. The molecule has 1 atom stereocenters. The number of carbonyl (C=O) groups is 1. The highest BCUT2D eigenvalue weighted by molar-refractivity contribution is 5.83. The van der Waals surface area contributed by atoms with E-state index in [0.717, 1.165) is 31.9 Å². The van der Waals surface area contributed by atoms with Gasteiger partial charge in [0.05, 0.1) is 12.0 Å². The first-order valence-electron chi connectivity index (χ1n) is 6.96. The van der Waals surface area contributed by atoms with Crippen LogP contribution in [0, 0.1) is 11.3 Å². The van der Waals surface area contributed by atoms with Crippen molar-refractivity contribution in [3.63, 3.8) is 0 Å². The largest absolute Gasteiger partial charge is 0.348 e. The Morgan fingerprint density at radius 2 is 2.42 bits per heavy atom. The van der Waals surface area contributed by atoms with Crippen molar-refractivity contribution in [2.75, 3.05) is 13.1 Å². The van der Waals surface area contributed by atoms with Gasteiger partial charge in [-0.3, -0.25) is 4.79 Å². The number of amides is 1. The summed E-state index contributed by atoms with van der Waals surface area (Å²) in [7, 11) is 0. The first kappa shape index (κ1) is 14.0. The molecule has 106 valence electrons. The highest BCUT2D eigenvalue weighted by Gasteiger charge is 2.43. The van der Waals surface area contributed by atoms with E-state index >= 15 is 0 Å². The molecule has 1 aliphatic heterocycles. The molecule has 0 saturated carbocycles. The summed E-state index contributed by atoms with van der Waals surface area (Å²) in [6.45, 7) is 9.19. The van der Waals surface area contributed by atoms with Crippen LogP contribution in [0.3, 0.4) is 0 Å². The van der Waals surface area contributed by atoms with Crippen molar-refractivity contribution in [3.8, 4) is 0 Å². The Morgan fingerprint density at radius 1 is 1.63 bits per heavy atom. The Balaban J connectivity index is 2.01. The van der Waals surface area contributed by atoms with Crippen molar-refractivity contribution >= 4 is 5.91 Å². The van der Waals surface area contributed by atoms with E-state index in [4.69, 9.17) is 0 Å². The maximum atomic E-state index is 12.5. The van der Waals surface area contributed by atoms with E-state index in [1.165, 1.54) is 0 Å². The third-order valence-corrected chi connectivity index (χ3v) is 4.19. The molecule has 1 aliphatic rings. The van der Waals surface area contributed by atoms with Gasteiger partial charge in [-0.1, -0.05) is 13.8 Å². The van der Waals surface area contributed by atoms with E-state index < -0.39 is 0 Å². The van der Waals surface area contributed by atoms with Crippen LogP contribution >= 0.6 is 0 Å². The van der Waals surface area contributed by atoms with E-state index in [9.17, 15) is 4.79 Å². The van der Waals surface area contributed by atoms with Crippen molar-refractivity contribution in [2.45, 2.75) is 40.3 Å². The summed E-state index contributed by atoms with van der Waals surface area (Å²) in [4.78, 5) is 12.5. The van der Waals surface area contributed by atoms with Gasteiger partial charge in [0.15, 0.2) is 5.82 Å². The normalized spacial score (nSPS) is 22.9. The first-order chi connectivity index (χ1) is 9.10. The number of rotatable bonds is 5. The minimum absolute atomic E-state index is 0.123. The second kappa shape index (κ2) is 5.69. The van der Waals surface area contributed by atoms with Crippen LogP contribution in [-0.2, 0) is 17.9 Å². The Kier molecular flexibility index (Phi) is 4.19. The van der Waals surface area contributed by atoms with Gasteiger partial charge >= 0.3 is 0 Å². The number of nitrogens with zero attached hydrogens (tertiary/aromatic N) is 3. The van der Waals surface area contributed by atoms with Crippen LogP contribution in [0.5, 0.6) is 0 Å². The van der Waals surface area contributed by atoms with Crippen LogP contribution in [0.4, 0.5) is 0 Å². The number of carbonyl (C=O) groups excluding carboxylic acids is 1. The third-order valence-electron chi connectivity index (χ3n) is 4.19. The predicted molar refractivity (Wildman–Crippen MR) is 72.3 cm³/mol. The highest BCUT2D eigenvalue weighted by atomic mass is 16.2. The molecule has 6 heteroatoms. The molecule has 1 fully saturated rings. The maximum Gasteiger partial charge on any atom is 0.228 e. The van der Waals surface area contributed by atoms with E-state index in [0.29, 0.717) is 12.5 Å². The van der Waals surface area contributed by atoms with E-state index in [2.05, 4.69) is 34.7 Å². The van der Waals surface area contributed by atoms with Crippen LogP contribution in [0.15, 0.2) is 6.33 Å². The van der Waals surface area contributed by atoms with E-state index in [1.54, 1.807) is 6.33 Å². The lowest BCUT2D eigenvalue weighted by atomic mass is 9.75. The average Bonchev–Trinajstić information content (AvgIpc) is 3.05. The lowest BCUT2D eigenvalue weighted by Gasteiger charge is -2.31. The van der Waals surface area contributed by atoms with Crippen LogP contribution in [0.25, 0.3) is 0 Å². The molecule has 2 heterocycles. The van der Waals surface area contributed by atoms with Gasteiger partial charge in [-0.05, 0) is 25.8 Å². The minimum Gasteiger partial charge on any atom is -0.348 e. The molecule has 1 unspecified atom stereocenters. The second-order valence-corrected chi connectivity index (χ2v) is 5.45. The van der Waals surface area contributed by atoms with Crippen molar-refractivity contribution in [3.05, 3.63) is 12.2 Å². The predicted octanol–water partition coefficient (Wildman–Crippen LogP) is 0.550. The highest BCUT2D eigenvalue weighted by Crippen LogP contribution is 2.34. The summed E-state index contributed by atoms with van der Waals surface area (Å²) < 4.78 is 1.94. The van der Waals surface area contributed by atoms with Gasteiger partial charge in [-0.2, -0.15) is 0 Å². The zero-order chi connectivity index (χ0) is 13.9. The molecule has 1 amide bonds. The number of aromatic nitrogens is 3. The molecule has 2 N–H and O–H groups in total. The fraction of sp³-hybridized carbons (Fsp3) is 0.769. The molecule has 0 radical (unpaired) electrons. The quantitative estimate of drug-likeness (QED) is 0.815. The minimum atomic E-state index is -0.281. The average molecular weight is 265 g/mol. The van der Waals surface area contributed by atoms with Gasteiger partial charge in [0.2, 0.25) is 5.91 Å². The molecule has 2 rings (SSSR count). The first-order valence-corrected chi connectivity index (χ1v) is 6.96. The van der Waals surface area contributed by atoms with Crippen molar-refractivity contribution < 1.29 is 4.79 Å². The number of nitrogens with one attached hydrogen (secondary N) is 2. The molecular formula is C13H23N5O. The molecule has 1 saturated heterocycles. The summed E-state index contributed by atoms with van der Waals surface area (Å²) in [5, 5.41) is 14.2. The second-order valence-electron chi connectivity index (χ2n) is 5.45. The van der Waals surface area contributed by atoms with Gasteiger partial charge in [0, 0.05) is 13.1 Å². The van der Waals surface area contributed by atoms with Gasteiger partial charge < -0.3 is 15.2 Å². The Bertz CT molecular complexity index is 434. The molecule has 0 spiro atoms. The van der Waals surface area contributed by atoms with E-state index in [-0.39, 0.29) is 11.3 Å². The lowest BCUT2D eigenvalue weighted by Crippen LogP contribution is -2.46. The molecule has 0 aliphatic carbocycles. The fourth-order valence-electron chi connectivity index (χ4n) is 2.68. The Labute approximate surface area is 114 Å². The zero-order valence-electron chi connectivity index (χ0n) is 11.9. The summed E-state index contributed by atoms with van der Waals surface area (Å²) in [5.74, 6) is 1.26. The SMILES string of the molecule is CCn1cnnc1CNC(=O)C1(C(C)C)CCNC1. The Hall–Kier alpha value is -1.43. The van der Waals surface area contributed by atoms with Gasteiger partial charge in [-0.15, -0.1) is 10.2 Å². The summed E-state index contributed by atoms with van der Waals surface area (Å²) in [6.07, 6.45) is 2.59. The molecule has 19 heavy (non-hydrogen) atoms. The van der Waals surface area contributed by atoms with Crippen LogP contribution in [0.1, 0.15) is 33.0 Å². The molecule has 6 nitrogen and oxygen atoms in total. The van der Waals surface area contributed by atoms with Crippen LogP contribution in [0.2, 0.25) is 0 Å². The molecule has 1 aromatic rings. The fourth-order valence-corrected chi connectivity index (χ4v) is 2.68. The number of hydrogen-bond acceptors (Lipinski definition) is 4. The number of aryl methyl sites for hydroxylation is 1. The van der Waals surface area contributed by atoms with Crippen molar-refractivity contribution in [1.82, 2.24) is 25.4 Å². The summed E-state index contributed by atoms with van der Waals surface area (Å²) >= 11 is 0. The van der Waals surface area contributed by atoms with E-state index in [1.807, 2.05) is 11.5 Å². The van der Waals surface area contributed by atoms with Crippen molar-refractivity contribution in [2.24, 2.45) is 11.3 Å². The van der Waals surface area contributed by atoms with Crippen LogP contribution < -0.4 is 10.6 Å².